The van der Waals surface area contributed by atoms with E-state index in [1.807, 2.05) is 44.7 Å². The predicted molar refractivity (Wildman–Crippen MR) is 116 cm³/mol. The SMILES string of the molecule is Cc1c2ccncc2cc2c3cc(C(=O)NC[C@@H](C)N(C)C)ccc3n(C)c12. The first-order valence-electron chi connectivity index (χ1n) is 9.58. The molecule has 0 radical (unpaired) electrons. The Kier molecular flexibility index (Phi) is 4.55. The number of aromatic nitrogens is 2. The Morgan fingerprint density at radius 1 is 1.18 bits per heavy atom. The first-order chi connectivity index (χ1) is 13.4. The number of likely N-dealkylation sites (N-methyl/N-ethyl adjacent to an activating group) is 1. The summed E-state index contributed by atoms with van der Waals surface area (Å²) in [6.45, 7) is 4.87. The molecule has 0 spiro atoms. The lowest BCUT2D eigenvalue weighted by atomic mass is 10.0. The third kappa shape index (κ3) is 2.92. The fourth-order valence-electron chi connectivity index (χ4n) is 3.89. The van der Waals surface area contributed by atoms with E-state index in [0.717, 1.165) is 21.7 Å². The number of fused-ring (bicyclic) bond motifs is 4. The second-order valence-corrected chi connectivity index (χ2v) is 7.81. The van der Waals surface area contributed by atoms with Gasteiger partial charge >= 0.3 is 0 Å². The summed E-state index contributed by atoms with van der Waals surface area (Å²) in [5, 5.41) is 7.63. The Morgan fingerprint density at radius 2 is 1.96 bits per heavy atom. The highest BCUT2D eigenvalue weighted by Gasteiger charge is 2.16. The van der Waals surface area contributed by atoms with Crippen LogP contribution in [0.5, 0.6) is 0 Å². The lowest BCUT2D eigenvalue weighted by Gasteiger charge is -2.19. The molecular formula is C23H26N4O. The second kappa shape index (κ2) is 6.91. The largest absolute Gasteiger partial charge is 0.350 e. The van der Waals surface area contributed by atoms with E-state index in [9.17, 15) is 4.79 Å². The van der Waals surface area contributed by atoms with Crippen molar-refractivity contribution in [3.8, 4) is 0 Å². The summed E-state index contributed by atoms with van der Waals surface area (Å²) in [5.41, 5.74) is 4.25. The number of carbonyl (C=O) groups excluding carboxylic acids is 1. The summed E-state index contributed by atoms with van der Waals surface area (Å²) in [5.74, 6) is -0.0354. The first-order valence-corrected chi connectivity index (χ1v) is 9.58. The molecule has 144 valence electrons. The fraction of sp³-hybridized carbons (Fsp3) is 0.304. The van der Waals surface area contributed by atoms with E-state index in [2.05, 4.69) is 52.8 Å². The molecule has 5 heteroatoms. The van der Waals surface area contributed by atoms with Crippen LogP contribution in [0.3, 0.4) is 0 Å². The van der Waals surface area contributed by atoms with E-state index >= 15 is 0 Å². The summed E-state index contributed by atoms with van der Waals surface area (Å²) < 4.78 is 2.22. The third-order valence-corrected chi connectivity index (χ3v) is 5.85. The Bertz CT molecular complexity index is 1210. The number of pyridine rings is 1. The van der Waals surface area contributed by atoms with Gasteiger partial charge in [-0.05, 0) is 69.2 Å². The summed E-state index contributed by atoms with van der Waals surface area (Å²) in [6, 6.07) is 10.5. The number of hydrogen-bond acceptors (Lipinski definition) is 3. The number of rotatable bonds is 4. The van der Waals surface area contributed by atoms with E-state index < -0.39 is 0 Å². The summed E-state index contributed by atoms with van der Waals surface area (Å²) >= 11 is 0. The van der Waals surface area contributed by atoms with Gasteiger partial charge < -0.3 is 14.8 Å². The van der Waals surface area contributed by atoms with Crippen LogP contribution in [0.4, 0.5) is 0 Å². The molecule has 4 rings (SSSR count). The van der Waals surface area contributed by atoms with Gasteiger partial charge in [0.25, 0.3) is 5.91 Å². The van der Waals surface area contributed by atoms with Crippen LogP contribution in [0.25, 0.3) is 32.6 Å². The maximum absolute atomic E-state index is 12.7. The molecule has 0 fully saturated rings. The highest BCUT2D eigenvalue weighted by molar-refractivity contribution is 6.15. The predicted octanol–water partition coefficient (Wildman–Crippen LogP) is 3.87. The second-order valence-electron chi connectivity index (χ2n) is 7.81. The van der Waals surface area contributed by atoms with Crippen molar-refractivity contribution < 1.29 is 4.79 Å². The maximum Gasteiger partial charge on any atom is 0.251 e. The maximum atomic E-state index is 12.7. The van der Waals surface area contributed by atoms with Crippen molar-refractivity contribution in [1.82, 2.24) is 19.8 Å². The van der Waals surface area contributed by atoms with Crippen LogP contribution in [-0.2, 0) is 7.05 Å². The highest BCUT2D eigenvalue weighted by Crippen LogP contribution is 2.35. The molecule has 0 saturated heterocycles. The minimum atomic E-state index is -0.0354. The van der Waals surface area contributed by atoms with Gasteiger partial charge in [0.1, 0.15) is 0 Å². The zero-order valence-corrected chi connectivity index (χ0v) is 17.1. The zero-order valence-electron chi connectivity index (χ0n) is 17.1. The molecule has 0 aliphatic carbocycles. The smallest absolute Gasteiger partial charge is 0.251 e. The molecule has 0 saturated carbocycles. The average molecular weight is 374 g/mol. The first kappa shape index (κ1) is 18.4. The molecule has 4 aromatic rings. The van der Waals surface area contributed by atoms with E-state index in [4.69, 9.17) is 0 Å². The number of hydrogen-bond donors (Lipinski definition) is 1. The number of nitrogens with one attached hydrogen (secondary N) is 1. The molecule has 2 aromatic carbocycles. The molecule has 1 atom stereocenters. The van der Waals surface area contributed by atoms with Crippen molar-refractivity contribution in [1.29, 1.82) is 0 Å². The van der Waals surface area contributed by atoms with Gasteiger partial charge in [-0.25, -0.2) is 0 Å². The van der Waals surface area contributed by atoms with Crippen molar-refractivity contribution in [3.05, 3.63) is 53.9 Å². The van der Waals surface area contributed by atoms with Gasteiger partial charge in [0, 0.05) is 59.3 Å². The van der Waals surface area contributed by atoms with Crippen LogP contribution in [0.15, 0.2) is 42.7 Å². The van der Waals surface area contributed by atoms with Gasteiger partial charge in [0.05, 0.1) is 5.52 Å². The van der Waals surface area contributed by atoms with E-state index in [1.54, 1.807) is 0 Å². The van der Waals surface area contributed by atoms with E-state index in [0.29, 0.717) is 12.1 Å². The highest BCUT2D eigenvalue weighted by atomic mass is 16.1. The van der Waals surface area contributed by atoms with Gasteiger partial charge in [-0.1, -0.05) is 0 Å². The lowest BCUT2D eigenvalue weighted by molar-refractivity contribution is 0.0944. The van der Waals surface area contributed by atoms with E-state index in [-0.39, 0.29) is 11.9 Å². The van der Waals surface area contributed by atoms with Gasteiger partial charge in [-0.2, -0.15) is 0 Å². The van der Waals surface area contributed by atoms with Crippen molar-refractivity contribution in [3.63, 3.8) is 0 Å². The molecule has 0 aliphatic heterocycles. The molecular weight excluding hydrogens is 348 g/mol. The van der Waals surface area contributed by atoms with Gasteiger partial charge in [0.2, 0.25) is 0 Å². The van der Waals surface area contributed by atoms with Gasteiger partial charge in [0.15, 0.2) is 0 Å². The van der Waals surface area contributed by atoms with Gasteiger partial charge in [-0.3, -0.25) is 9.78 Å². The van der Waals surface area contributed by atoms with Gasteiger partial charge in [-0.15, -0.1) is 0 Å². The molecule has 1 N–H and O–H groups in total. The lowest BCUT2D eigenvalue weighted by Crippen LogP contribution is -2.38. The summed E-state index contributed by atoms with van der Waals surface area (Å²) in [6.07, 6.45) is 3.74. The van der Waals surface area contributed by atoms with Crippen LogP contribution in [-0.4, -0.2) is 47.0 Å². The number of nitrogens with zero attached hydrogens (tertiary/aromatic N) is 3. The molecule has 0 unspecified atom stereocenters. The fourth-order valence-corrected chi connectivity index (χ4v) is 3.89. The van der Waals surface area contributed by atoms with Crippen LogP contribution in [0.2, 0.25) is 0 Å². The molecule has 1 amide bonds. The van der Waals surface area contributed by atoms with Crippen LogP contribution in [0, 0.1) is 6.92 Å². The summed E-state index contributed by atoms with van der Waals surface area (Å²) in [4.78, 5) is 19.1. The molecule has 0 bridgehead atoms. The van der Waals surface area contributed by atoms with Crippen LogP contribution in [0.1, 0.15) is 22.8 Å². The standard InChI is InChI=1S/C23H26N4O/c1-14(26(3)4)12-25-23(28)16-6-7-21-19(10-16)20-11-17-13-24-9-8-18(17)15(2)22(20)27(21)5/h6-11,13-14H,12H2,1-5H3,(H,25,28)/t14-/m1/s1. The molecule has 0 aliphatic rings. The van der Waals surface area contributed by atoms with Crippen molar-refractivity contribution in [2.45, 2.75) is 19.9 Å². The van der Waals surface area contributed by atoms with Crippen LogP contribution < -0.4 is 5.32 Å². The zero-order chi connectivity index (χ0) is 20.0. The minimum Gasteiger partial charge on any atom is -0.350 e. The number of amides is 1. The quantitative estimate of drug-likeness (QED) is 0.590. The molecule has 2 aromatic heterocycles. The normalized spacial score (nSPS) is 12.9. The number of aryl methyl sites for hydroxylation is 2. The Hall–Kier alpha value is -2.92. The molecule has 5 nitrogen and oxygen atoms in total. The molecule has 2 heterocycles. The van der Waals surface area contributed by atoms with E-state index in [1.165, 1.54) is 16.5 Å². The summed E-state index contributed by atoms with van der Waals surface area (Å²) in [7, 11) is 6.12. The molecule has 28 heavy (non-hydrogen) atoms. The third-order valence-electron chi connectivity index (χ3n) is 5.85. The Balaban J connectivity index is 1.83. The van der Waals surface area contributed by atoms with Crippen LogP contribution >= 0.6 is 0 Å². The van der Waals surface area contributed by atoms with Crippen molar-refractivity contribution in [2.24, 2.45) is 7.05 Å². The average Bonchev–Trinajstić information content (AvgIpc) is 2.97. The number of carbonyl (C=O) groups is 1. The monoisotopic (exact) mass is 374 g/mol. The topological polar surface area (TPSA) is 50.2 Å². The van der Waals surface area contributed by atoms with Crippen molar-refractivity contribution >= 4 is 38.5 Å². The Labute approximate surface area is 165 Å². The number of benzene rings is 2. The Morgan fingerprint density at radius 3 is 2.71 bits per heavy atom. The van der Waals surface area contributed by atoms with Crippen molar-refractivity contribution in [2.75, 3.05) is 20.6 Å². The minimum absolute atomic E-state index is 0.0354.